The molecule has 0 radical (unpaired) electrons. The van der Waals surface area contributed by atoms with Gasteiger partial charge in [-0.25, -0.2) is 4.68 Å². The molecule has 0 atom stereocenters. The molecule has 8 heteroatoms. The van der Waals surface area contributed by atoms with Gasteiger partial charge in [0.15, 0.2) is 5.58 Å². The van der Waals surface area contributed by atoms with Crippen molar-refractivity contribution < 1.29 is 13.9 Å². The maximum absolute atomic E-state index is 12.9. The summed E-state index contributed by atoms with van der Waals surface area (Å²) in [5.41, 5.74) is 2.48. The first-order valence-electron chi connectivity index (χ1n) is 9.41. The first kappa shape index (κ1) is 18.8. The number of benzene rings is 1. The second-order valence-electron chi connectivity index (χ2n) is 6.83. The van der Waals surface area contributed by atoms with E-state index in [0.29, 0.717) is 29.9 Å². The van der Waals surface area contributed by atoms with Crippen molar-refractivity contribution >= 4 is 22.5 Å². The van der Waals surface area contributed by atoms with E-state index in [-0.39, 0.29) is 18.0 Å². The summed E-state index contributed by atoms with van der Waals surface area (Å²) in [6, 6.07) is 11.0. The minimum Gasteiger partial charge on any atom is -0.497 e. The standard InChI is InChI=1S/C21H22N4O4/c1-4-19-23-24(12-20(26)22-11-14-6-5-7-15(9-14)28-3)21(27)17-10-18-16(25(17)19)8-13(2)29-18/h5-10H,4,11-12H2,1-3H3,(H,22,26). The molecule has 1 amide bonds. The largest absolute Gasteiger partial charge is 0.497 e. The van der Waals surface area contributed by atoms with E-state index in [4.69, 9.17) is 9.15 Å². The number of nitrogens with one attached hydrogen (secondary N) is 1. The number of rotatable bonds is 6. The van der Waals surface area contributed by atoms with Gasteiger partial charge in [-0.15, -0.1) is 0 Å². The van der Waals surface area contributed by atoms with Crippen LogP contribution in [-0.4, -0.2) is 27.2 Å². The van der Waals surface area contributed by atoms with Crippen LogP contribution in [0.1, 0.15) is 24.1 Å². The van der Waals surface area contributed by atoms with Crippen LogP contribution in [0.5, 0.6) is 5.75 Å². The van der Waals surface area contributed by atoms with Crippen LogP contribution in [0.3, 0.4) is 0 Å². The van der Waals surface area contributed by atoms with Crippen molar-refractivity contribution in [2.24, 2.45) is 0 Å². The average molecular weight is 394 g/mol. The molecule has 0 spiro atoms. The van der Waals surface area contributed by atoms with E-state index in [0.717, 1.165) is 22.6 Å². The van der Waals surface area contributed by atoms with E-state index in [1.807, 2.05) is 44.2 Å². The number of fused-ring (bicyclic) bond motifs is 3. The van der Waals surface area contributed by atoms with Gasteiger partial charge < -0.3 is 14.5 Å². The van der Waals surface area contributed by atoms with Crippen molar-refractivity contribution in [1.82, 2.24) is 19.5 Å². The van der Waals surface area contributed by atoms with E-state index in [9.17, 15) is 9.59 Å². The number of methoxy groups -OCH3 is 1. The summed E-state index contributed by atoms with van der Waals surface area (Å²) < 4.78 is 13.8. The van der Waals surface area contributed by atoms with E-state index in [2.05, 4.69) is 10.4 Å². The van der Waals surface area contributed by atoms with Crippen LogP contribution in [0.15, 0.2) is 45.6 Å². The number of amides is 1. The Kier molecular flexibility index (Phi) is 4.84. The van der Waals surface area contributed by atoms with Crippen LogP contribution in [0, 0.1) is 6.92 Å². The molecule has 4 rings (SSSR count). The van der Waals surface area contributed by atoms with E-state index < -0.39 is 0 Å². The number of ether oxygens (including phenoxy) is 1. The summed E-state index contributed by atoms with van der Waals surface area (Å²) >= 11 is 0. The first-order valence-corrected chi connectivity index (χ1v) is 9.41. The summed E-state index contributed by atoms with van der Waals surface area (Å²) in [5, 5.41) is 7.24. The van der Waals surface area contributed by atoms with Gasteiger partial charge in [0.25, 0.3) is 5.56 Å². The molecule has 4 aromatic rings. The molecule has 0 saturated carbocycles. The summed E-state index contributed by atoms with van der Waals surface area (Å²) in [6.45, 7) is 4.00. The van der Waals surface area contributed by atoms with Crippen molar-refractivity contribution in [3.8, 4) is 5.75 Å². The molecule has 0 fully saturated rings. The van der Waals surface area contributed by atoms with Gasteiger partial charge in [0.05, 0.1) is 12.6 Å². The first-order chi connectivity index (χ1) is 14.0. The van der Waals surface area contributed by atoms with Crippen molar-refractivity contribution in [2.75, 3.05) is 7.11 Å². The summed E-state index contributed by atoms with van der Waals surface area (Å²) in [7, 11) is 1.59. The Morgan fingerprint density at radius 3 is 2.83 bits per heavy atom. The zero-order chi connectivity index (χ0) is 20.5. The third-order valence-corrected chi connectivity index (χ3v) is 4.79. The molecule has 29 heavy (non-hydrogen) atoms. The molecule has 0 bridgehead atoms. The molecule has 8 nitrogen and oxygen atoms in total. The summed E-state index contributed by atoms with van der Waals surface area (Å²) in [6.07, 6.45) is 0.607. The van der Waals surface area contributed by atoms with Crippen molar-refractivity contribution in [2.45, 2.75) is 33.4 Å². The highest BCUT2D eigenvalue weighted by Crippen LogP contribution is 2.23. The third-order valence-electron chi connectivity index (χ3n) is 4.79. The van der Waals surface area contributed by atoms with E-state index >= 15 is 0 Å². The fraction of sp³-hybridized carbons (Fsp3) is 0.286. The number of aryl methyl sites for hydroxylation is 2. The van der Waals surface area contributed by atoms with Crippen molar-refractivity contribution in [3.63, 3.8) is 0 Å². The summed E-state index contributed by atoms with van der Waals surface area (Å²) in [4.78, 5) is 25.3. The summed E-state index contributed by atoms with van der Waals surface area (Å²) in [5.74, 6) is 1.89. The van der Waals surface area contributed by atoms with Crippen LogP contribution in [0.4, 0.5) is 0 Å². The highest BCUT2D eigenvalue weighted by molar-refractivity contribution is 5.83. The molecule has 0 saturated heterocycles. The monoisotopic (exact) mass is 394 g/mol. The SMILES string of the molecule is CCc1nn(CC(=O)NCc2cccc(OC)c2)c(=O)c2cc3oc(C)cc3n12. The van der Waals surface area contributed by atoms with Crippen molar-refractivity contribution in [1.29, 1.82) is 0 Å². The number of carbonyl (C=O) groups is 1. The Bertz CT molecular complexity index is 1270. The molecular formula is C21H22N4O4. The predicted octanol–water partition coefficient (Wildman–Crippen LogP) is 2.44. The average Bonchev–Trinajstić information content (AvgIpc) is 3.25. The van der Waals surface area contributed by atoms with Crippen LogP contribution in [0.25, 0.3) is 16.6 Å². The van der Waals surface area contributed by atoms with Crippen LogP contribution in [0.2, 0.25) is 0 Å². The molecule has 0 aliphatic rings. The fourth-order valence-electron chi connectivity index (χ4n) is 3.42. The van der Waals surface area contributed by atoms with Gasteiger partial charge in [-0.05, 0) is 24.6 Å². The molecule has 1 aromatic carbocycles. The highest BCUT2D eigenvalue weighted by Gasteiger charge is 2.17. The van der Waals surface area contributed by atoms with E-state index in [1.165, 1.54) is 4.68 Å². The number of nitrogens with zero attached hydrogens (tertiary/aromatic N) is 3. The lowest BCUT2D eigenvalue weighted by Gasteiger charge is -2.10. The molecule has 150 valence electrons. The minimum atomic E-state index is -0.331. The van der Waals surface area contributed by atoms with Gasteiger partial charge in [-0.2, -0.15) is 5.10 Å². The Morgan fingerprint density at radius 1 is 1.24 bits per heavy atom. The number of carbonyl (C=O) groups excluding carboxylic acids is 1. The Morgan fingerprint density at radius 2 is 2.07 bits per heavy atom. The van der Waals surface area contributed by atoms with Crippen LogP contribution >= 0.6 is 0 Å². The van der Waals surface area contributed by atoms with Gasteiger partial charge >= 0.3 is 0 Å². The Hall–Kier alpha value is -3.55. The molecule has 0 aliphatic carbocycles. The van der Waals surface area contributed by atoms with Crippen LogP contribution in [-0.2, 0) is 24.3 Å². The number of hydrogen-bond donors (Lipinski definition) is 1. The van der Waals surface area contributed by atoms with Crippen LogP contribution < -0.4 is 15.6 Å². The zero-order valence-electron chi connectivity index (χ0n) is 16.6. The lowest BCUT2D eigenvalue weighted by atomic mass is 10.2. The van der Waals surface area contributed by atoms with Gasteiger partial charge in [0, 0.05) is 25.1 Å². The normalized spacial score (nSPS) is 11.3. The molecule has 1 N–H and O–H groups in total. The smallest absolute Gasteiger partial charge is 0.291 e. The fourth-order valence-corrected chi connectivity index (χ4v) is 3.42. The van der Waals surface area contributed by atoms with Gasteiger partial charge in [0.1, 0.15) is 29.4 Å². The maximum Gasteiger partial charge on any atom is 0.291 e. The highest BCUT2D eigenvalue weighted by atomic mass is 16.5. The maximum atomic E-state index is 12.9. The molecule has 0 aliphatic heterocycles. The number of furan rings is 1. The molecule has 3 heterocycles. The van der Waals surface area contributed by atoms with Gasteiger partial charge in [-0.1, -0.05) is 19.1 Å². The predicted molar refractivity (Wildman–Crippen MR) is 108 cm³/mol. The lowest BCUT2D eigenvalue weighted by molar-refractivity contribution is -0.122. The quantitative estimate of drug-likeness (QED) is 0.542. The van der Waals surface area contributed by atoms with E-state index in [1.54, 1.807) is 17.6 Å². The third kappa shape index (κ3) is 3.49. The minimum absolute atomic E-state index is 0.155. The number of hydrogen-bond acceptors (Lipinski definition) is 5. The second kappa shape index (κ2) is 7.46. The molecule has 0 unspecified atom stereocenters. The second-order valence-corrected chi connectivity index (χ2v) is 6.83. The van der Waals surface area contributed by atoms with Crippen molar-refractivity contribution in [3.05, 3.63) is 63.9 Å². The zero-order valence-corrected chi connectivity index (χ0v) is 16.6. The van der Waals surface area contributed by atoms with Gasteiger partial charge in [0.2, 0.25) is 5.91 Å². The van der Waals surface area contributed by atoms with Gasteiger partial charge in [-0.3, -0.25) is 14.0 Å². The molecular weight excluding hydrogens is 372 g/mol. The number of aromatic nitrogens is 3. The topological polar surface area (TPSA) is 90.8 Å². The Labute approximate surface area is 166 Å². The Balaban J connectivity index is 1.59. The lowest BCUT2D eigenvalue weighted by Crippen LogP contribution is -2.35. The molecule has 3 aromatic heterocycles.